The Morgan fingerprint density at radius 1 is 0.436 bits per heavy atom. The highest BCUT2D eigenvalue weighted by atomic mass is 15.0. The van der Waals surface area contributed by atoms with Crippen molar-refractivity contribution in [3.63, 3.8) is 0 Å². The molecular weight excluding hydrogens is 472 g/mol. The topological polar surface area (TPSA) is 9.86 Å². The predicted molar refractivity (Wildman–Crippen MR) is 165 cm³/mol. The third-order valence-corrected chi connectivity index (χ3v) is 8.00. The van der Waals surface area contributed by atoms with Crippen LogP contribution in [0.2, 0.25) is 0 Å². The van der Waals surface area contributed by atoms with Crippen molar-refractivity contribution < 1.29 is 0 Å². The molecule has 39 heavy (non-hydrogen) atoms. The van der Waals surface area contributed by atoms with E-state index in [-0.39, 0.29) is 0 Å². The molecule has 0 aliphatic heterocycles. The van der Waals surface area contributed by atoms with Gasteiger partial charge >= 0.3 is 0 Å². The van der Waals surface area contributed by atoms with Gasteiger partial charge in [-0.2, -0.15) is 0 Å². The first-order chi connectivity index (χ1) is 19.4. The number of hydrogen-bond donors (Lipinski definition) is 0. The zero-order chi connectivity index (χ0) is 25.8. The largest absolute Gasteiger partial charge is 0.313 e. The van der Waals surface area contributed by atoms with Crippen LogP contribution in [0.3, 0.4) is 0 Å². The molecule has 184 valence electrons. The zero-order valence-corrected chi connectivity index (χ0v) is 21.5. The second-order valence-electron chi connectivity index (χ2n) is 10.2. The minimum atomic E-state index is 0.920. The SMILES string of the molecule is C1=CCc2c(c3ccccc3n2-c2ccc(-c3ccc(-n4c5ccccc5c5ccccc54)cc3)cc2)C=C1. The molecule has 0 saturated carbocycles. The van der Waals surface area contributed by atoms with E-state index in [1.54, 1.807) is 0 Å². The molecule has 1 aliphatic carbocycles. The second-order valence-corrected chi connectivity index (χ2v) is 10.2. The van der Waals surface area contributed by atoms with E-state index in [0.717, 1.165) is 6.42 Å². The first-order valence-electron chi connectivity index (χ1n) is 13.5. The molecule has 2 heteroatoms. The molecule has 0 radical (unpaired) electrons. The van der Waals surface area contributed by atoms with Crippen molar-refractivity contribution in [2.45, 2.75) is 6.42 Å². The molecule has 0 atom stereocenters. The Hall–Kier alpha value is -5.08. The van der Waals surface area contributed by atoms with E-state index in [1.165, 1.54) is 66.5 Å². The number of nitrogens with zero attached hydrogens (tertiary/aromatic N) is 2. The van der Waals surface area contributed by atoms with Crippen molar-refractivity contribution in [1.29, 1.82) is 0 Å². The summed E-state index contributed by atoms with van der Waals surface area (Å²) in [4.78, 5) is 0. The van der Waals surface area contributed by atoms with Crippen LogP contribution in [0.1, 0.15) is 11.3 Å². The van der Waals surface area contributed by atoms with E-state index in [9.17, 15) is 0 Å². The predicted octanol–water partition coefficient (Wildman–Crippen LogP) is 9.52. The third-order valence-electron chi connectivity index (χ3n) is 8.00. The molecule has 2 aromatic heterocycles. The molecule has 0 amide bonds. The van der Waals surface area contributed by atoms with Gasteiger partial charge in [-0.15, -0.1) is 0 Å². The van der Waals surface area contributed by atoms with Gasteiger partial charge in [0.25, 0.3) is 0 Å². The van der Waals surface area contributed by atoms with Crippen LogP contribution in [0.25, 0.3) is 61.3 Å². The van der Waals surface area contributed by atoms with Gasteiger partial charge in [0.15, 0.2) is 0 Å². The van der Waals surface area contributed by atoms with Crippen molar-refractivity contribution in [3.8, 4) is 22.5 Å². The first kappa shape index (κ1) is 22.0. The summed E-state index contributed by atoms with van der Waals surface area (Å²) in [6.07, 6.45) is 9.69. The molecule has 0 spiro atoms. The number of hydrogen-bond acceptors (Lipinski definition) is 0. The Labute approximate surface area is 227 Å². The van der Waals surface area contributed by atoms with Crippen molar-refractivity contribution in [1.82, 2.24) is 9.13 Å². The van der Waals surface area contributed by atoms with Crippen LogP contribution in [0.5, 0.6) is 0 Å². The Morgan fingerprint density at radius 2 is 0.923 bits per heavy atom. The van der Waals surface area contributed by atoms with Gasteiger partial charge in [-0.1, -0.05) is 103 Å². The van der Waals surface area contributed by atoms with E-state index in [1.807, 2.05) is 0 Å². The maximum atomic E-state index is 2.42. The smallest absolute Gasteiger partial charge is 0.0541 e. The average Bonchev–Trinajstić information content (AvgIpc) is 3.38. The van der Waals surface area contributed by atoms with Gasteiger partial charge in [0.1, 0.15) is 0 Å². The van der Waals surface area contributed by atoms with E-state index in [4.69, 9.17) is 0 Å². The standard InChI is InChI=1S/C37H26N2/c1-2-10-30-31-11-4-7-15-35(31)38(34(30)14-3-1)28-22-18-26(19-23-28)27-20-24-29(25-21-27)39-36-16-8-5-12-32(36)33-13-6-9-17-37(33)39/h1-13,15-25H,14H2. The van der Waals surface area contributed by atoms with Gasteiger partial charge in [0.05, 0.1) is 16.6 Å². The molecule has 2 nitrogen and oxygen atoms in total. The summed E-state index contributed by atoms with van der Waals surface area (Å²) in [6, 6.07) is 44.0. The molecule has 1 aliphatic rings. The van der Waals surface area contributed by atoms with E-state index in [0.29, 0.717) is 0 Å². The molecule has 2 heterocycles. The monoisotopic (exact) mass is 498 g/mol. The van der Waals surface area contributed by atoms with Gasteiger partial charge in [-0.3, -0.25) is 0 Å². The lowest BCUT2D eigenvalue weighted by Crippen LogP contribution is -2.00. The summed E-state index contributed by atoms with van der Waals surface area (Å²) in [5.41, 5.74) is 11.2. The van der Waals surface area contributed by atoms with Crippen molar-refractivity contribution in [2.24, 2.45) is 0 Å². The number of allylic oxidation sites excluding steroid dienone is 3. The maximum Gasteiger partial charge on any atom is 0.0541 e. The molecule has 8 rings (SSSR count). The van der Waals surface area contributed by atoms with Crippen LogP contribution in [0.4, 0.5) is 0 Å². The number of fused-ring (bicyclic) bond motifs is 6. The molecule has 0 saturated heterocycles. The lowest BCUT2D eigenvalue weighted by Gasteiger charge is -2.12. The fourth-order valence-electron chi connectivity index (χ4n) is 6.22. The quantitative estimate of drug-likeness (QED) is 0.230. The summed E-state index contributed by atoms with van der Waals surface area (Å²) < 4.78 is 4.78. The minimum Gasteiger partial charge on any atom is -0.313 e. The Morgan fingerprint density at radius 3 is 1.51 bits per heavy atom. The van der Waals surface area contributed by atoms with Gasteiger partial charge < -0.3 is 9.13 Å². The Kier molecular flexibility index (Phi) is 4.92. The molecule has 5 aromatic carbocycles. The highest BCUT2D eigenvalue weighted by molar-refractivity contribution is 6.09. The minimum absolute atomic E-state index is 0.920. The summed E-state index contributed by atoms with van der Waals surface area (Å²) >= 11 is 0. The lowest BCUT2D eigenvalue weighted by atomic mass is 10.0. The zero-order valence-electron chi connectivity index (χ0n) is 21.5. The maximum absolute atomic E-state index is 2.42. The first-order valence-corrected chi connectivity index (χ1v) is 13.5. The van der Waals surface area contributed by atoms with Crippen LogP contribution >= 0.6 is 0 Å². The van der Waals surface area contributed by atoms with Crippen molar-refractivity contribution in [3.05, 3.63) is 151 Å². The third kappa shape index (κ3) is 3.42. The van der Waals surface area contributed by atoms with Crippen molar-refractivity contribution >= 4 is 38.8 Å². The lowest BCUT2D eigenvalue weighted by molar-refractivity contribution is 1.00. The van der Waals surface area contributed by atoms with Crippen LogP contribution in [-0.2, 0) is 6.42 Å². The van der Waals surface area contributed by atoms with E-state index < -0.39 is 0 Å². The molecule has 0 N–H and O–H groups in total. The summed E-state index contributed by atoms with van der Waals surface area (Å²) in [7, 11) is 0. The van der Waals surface area contributed by atoms with Crippen LogP contribution in [-0.4, -0.2) is 9.13 Å². The number of para-hydroxylation sites is 3. The molecule has 7 aromatic rings. The highest BCUT2D eigenvalue weighted by Gasteiger charge is 2.17. The summed E-state index contributed by atoms with van der Waals surface area (Å²) in [6.45, 7) is 0. The van der Waals surface area contributed by atoms with E-state index in [2.05, 4.69) is 155 Å². The number of benzene rings is 5. The highest BCUT2D eigenvalue weighted by Crippen LogP contribution is 2.34. The average molecular weight is 499 g/mol. The Bertz CT molecular complexity index is 2010. The van der Waals surface area contributed by atoms with Gasteiger partial charge in [-0.25, -0.2) is 0 Å². The normalized spacial score (nSPS) is 12.8. The molecular formula is C37H26N2. The molecule has 0 bridgehead atoms. The summed E-state index contributed by atoms with van der Waals surface area (Å²) in [5.74, 6) is 0. The van der Waals surface area contributed by atoms with Crippen LogP contribution in [0, 0.1) is 0 Å². The van der Waals surface area contributed by atoms with E-state index >= 15 is 0 Å². The molecule has 0 unspecified atom stereocenters. The molecule has 0 fully saturated rings. The van der Waals surface area contributed by atoms with Gasteiger partial charge in [-0.05, 0) is 53.6 Å². The number of rotatable bonds is 3. The van der Waals surface area contributed by atoms with Gasteiger partial charge in [0, 0.05) is 45.2 Å². The summed E-state index contributed by atoms with van der Waals surface area (Å²) in [5, 5.41) is 3.88. The van der Waals surface area contributed by atoms with Gasteiger partial charge in [0.2, 0.25) is 0 Å². The van der Waals surface area contributed by atoms with Crippen LogP contribution < -0.4 is 0 Å². The number of aromatic nitrogens is 2. The Balaban J connectivity index is 1.18. The fourth-order valence-corrected chi connectivity index (χ4v) is 6.22. The second kappa shape index (κ2) is 8.75. The fraction of sp³-hybridized carbons (Fsp3) is 0.0270. The van der Waals surface area contributed by atoms with Crippen molar-refractivity contribution in [2.75, 3.05) is 0 Å². The van der Waals surface area contributed by atoms with Crippen LogP contribution in [0.15, 0.2) is 140 Å².